The number of rotatable bonds is 5. The first-order valence-electron chi connectivity index (χ1n) is 6.09. The molecule has 0 unspecified atom stereocenters. The maximum absolute atomic E-state index is 6.03. The highest BCUT2D eigenvalue weighted by Gasteiger charge is 2.04. The Bertz CT molecular complexity index is 573. The van der Waals surface area contributed by atoms with Crippen molar-refractivity contribution >= 4 is 34.0 Å². The Hall–Kier alpha value is -1.03. The molecule has 0 aliphatic rings. The highest BCUT2D eigenvalue weighted by atomic mass is 35.5. The largest absolute Gasteiger partial charge is 0.494 e. The zero-order valence-electron chi connectivity index (χ0n) is 11.0. The van der Waals surface area contributed by atoms with Gasteiger partial charge in [-0.2, -0.15) is 0 Å². The summed E-state index contributed by atoms with van der Waals surface area (Å²) in [5.41, 5.74) is 0. The number of aromatic nitrogens is 1. The Balaban J connectivity index is 2.09. The van der Waals surface area contributed by atoms with E-state index in [0.717, 1.165) is 29.5 Å². The molecule has 1 aromatic carbocycles. The summed E-state index contributed by atoms with van der Waals surface area (Å²) in [6.45, 7) is 1.70. The molecule has 0 saturated carbocycles. The third kappa shape index (κ3) is 3.96. The van der Waals surface area contributed by atoms with E-state index in [9.17, 15) is 0 Å². The van der Waals surface area contributed by atoms with Crippen molar-refractivity contribution in [2.24, 2.45) is 0 Å². The van der Waals surface area contributed by atoms with E-state index in [2.05, 4.69) is 9.88 Å². The molecule has 2 aromatic rings. The zero-order chi connectivity index (χ0) is 13.8. The maximum Gasteiger partial charge on any atom is 0.138 e. The minimum atomic E-state index is 0.391. The Morgan fingerprint density at radius 2 is 2.00 bits per heavy atom. The van der Waals surface area contributed by atoms with Gasteiger partial charge in [-0.15, -0.1) is 0 Å². The van der Waals surface area contributed by atoms with Crippen LogP contribution in [0.3, 0.4) is 0 Å². The Labute approximate surface area is 123 Å². The fourth-order valence-corrected chi connectivity index (χ4v) is 2.33. The zero-order valence-corrected chi connectivity index (χ0v) is 12.5. The number of fused-ring (bicyclic) bond motifs is 1. The van der Waals surface area contributed by atoms with Gasteiger partial charge < -0.3 is 9.64 Å². The fourth-order valence-electron chi connectivity index (χ4n) is 1.82. The van der Waals surface area contributed by atoms with E-state index < -0.39 is 0 Å². The fraction of sp³-hybridized carbons (Fsp3) is 0.357. The van der Waals surface area contributed by atoms with E-state index in [1.807, 2.05) is 32.3 Å². The van der Waals surface area contributed by atoms with Gasteiger partial charge in [-0.25, -0.2) is 4.98 Å². The van der Waals surface area contributed by atoms with E-state index in [1.54, 1.807) is 6.07 Å². The van der Waals surface area contributed by atoms with Crippen LogP contribution in [0.4, 0.5) is 0 Å². The normalized spacial score (nSPS) is 11.2. The number of halogens is 2. The number of nitrogens with zero attached hydrogens (tertiary/aromatic N) is 2. The van der Waals surface area contributed by atoms with Crippen molar-refractivity contribution in [1.29, 1.82) is 0 Å². The smallest absolute Gasteiger partial charge is 0.138 e. The van der Waals surface area contributed by atoms with Crippen LogP contribution in [0, 0.1) is 0 Å². The van der Waals surface area contributed by atoms with Crippen LogP contribution in [0.2, 0.25) is 10.3 Å². The van der Waals surface area contributed by atoms with Gasteiger partial charge in [-0.1, -0.05) is 23.2 Å². The summed E-state index contributed by atoms with van der Waals surface area (Å²) in [5.74, 6) is 0.824. The van der Waals surface area contributed by atoms with E-state index in [4.69, 9.17) is 27.9 Å². The van der Waals surface area contributed by atoms with Crippen molar-refractivity contribution in [3.05, 3.63) is 34.6 Å². The topological polar surface area (TPSA) is 25.4 Å². The summed E-state index contributed by atoms with van der Waals surface area (Å²) >= 11 is 11.9. The molecule has 0 spiro atoms. The molecule has 3 nitrogen and oxygen atoms in total. The number of benzene rings is 1. The Morgan fingerprint density at radius 1 is 1.21 bits per heavy atom. The molecule has 0 amide bonds. The summed E-state index contributed by atoms with van der Waals surface area (Å²) in [4.78, 5) is 6.14. The third-order valence-electron chi connectivity index (χ3n) is 2.74. The molecule has 0 aliphatic heterocycles. The van der Waals surface area contributed by atoms with Gasteiger partial charge in [0.1, 0.15) is 16.1 Å². The Morgan fingerprint density at radius 3 is 2.74 bits per heavy atom. The summed E-state index contributed by atoms with van der Waals surface area (Å²) < 4.78 is 5.71. The molecule has 1 heterocycles. The van der Waals surface area contributed by atoms with E-state index >= 15 is 0 Å². The number of hydrogen-bond donors (Lipinski definition) is 0. The molecule has 0 radical (unpaired) electrons. The lowest BCUT2D eigenvalue weighted by atomic mass is 10.2. The highest BCUT2D eigenvalue weighted by Crippen LogP contribution is 2.28. The van der Waals surface area contributed by atoms with Crippen LogP contribution in [0.15, 0.2) is 24.3 Å². The lowest BCUT2D eigenvalue weighted by molar-refractivity contribution is 0.282. The maximum atomic E-state index is 6.03. The molecule has 0 saturated heterocycles. The lowest BCUT2D eigenvalue weighted by Crippen LogP contribution is -2.15. The second-order valence-corrected chi connectivity index (χ2v) is 5.37. The van der Waals surface area contributed by atoms with Gasteiger partial charge in [-0.3, -0.25) is 0 Å². The summed E-state index contributed by atoms with van der Waals surface area (Å²) in [5, 5.41) is 2.63. The van der Waals surface area contributed by atoms with Crippen molar-refractivity contribution in [1.82, 2.24) is 9.88 Å². The highest BCUT2D eigenvalue weighted by molar-refractivity contribution is 6.36. The number of ether oxygens (including phenoxy) is 1. The first-order chi connectivity index (χ1) is 9.06. The molecule has 2 rings (SSSR count). The molecule has 0 fully saturated rings. The van der Waals surface area contributed by atoms with Crippen LogP contribution < -0.4 is 4.74 Å². The van der Waals surface area contributed by atoms with Gasteiger partial charge >= 0.3 is 0 Å². The molecule has 5 heteroatoms. The summed E-state index contributed by atoms with van der Waals surface area (Å²) in [6, 6.07) is 7.53. The molecule has 102 valence electrons. The number of pyridine rings is 1. The summed E-state index contributed by atoms with van der Waals surface area (Å²) in [6.07, 6.45) is 0.989. The first-order valence-corrected chi connectivity index (χ1v) is 6.85. The molecular formula is C14H16Cl2N2O. The van der Waals surface area contributed by atoms with E-state index in [-0.39, 0.29) is 0 Å². The average Bonchev–Trinajstić information content (AvgIpc) is 2.33. The molecule has 0 aliphatic carbocycles. The monoisotopic (exact) mass is 298 g/mol. The van der Waals surface area contributed by atoms with Crippen LogP contribution in [-0.2, 0) is 0 Å². The lowest BCUT2D eigenvalue weighted by Gasteiger charge is -2.11. The summed E-state index contributed by atoms with van der Waals surface area (Å²) in [7, 11) is 4.10. The van der Waals surface area contributed by atoms with Gasteiger partial charge in [0, 0.05) is 11.9 Å². The van der Waals surface area contributed by atoms with E-state index in [0.29, 0.717) is 16.9 Å². The first kappa shape index (κ1) is 14.4. The Kier molecular flexibility index (Phi) is 4.86. The van der Waals surface area contributed by atoms with Crippen LogP contribution in [0.25, 0.3) is 10.8 Å². The van der Waals surface area contributed by atoms with Crippen LogP contribution in [0.5, 0.6) is 5.75 Å². The standard InChI is InChI=1S/C14H16Cl2N2O/c1-18(2)6-3-7-19-11-4-5-12-10(8-11)9-13(15)17-14(12)16/h4-5,8-9H,3,6-7H2,1-2H3. The van der Waals surface area contributed by atoms with Crippen molar-refractivity contribution in [3.63, 3.8) is 0 Å². The molecule has 0 N–H and O–H groups in total. The predicted molar refractivity (Wildman–Crippen MR) is 80.4 cm³/mol. The van der Waals surface area contributed by atoms with Gasteiger partial charge in [0.2, 0.25) is 0 Å². The van der Waals surface area contributed by atoms with Crippen molar-refractivity contribution in [2.45, 2.75) is 6.42 Å². The second-order valence-electron chi connectivity index (χ2n) is 4.62. The van der Waals surface area contributed by atoms with Crippen LogP contribution >= 0.6 is 23.2 Å². The molecular weight excluding hydrogens is 283 g/mol. The minimum Gasteiger partial charge on any atom is -0.494 e. The second kappa shape index (κ2) is 6.42. The quantitative estimate of drug-likeness (QED) is 0.619. The SMILES string of the molecule is CN(C)CCCOc1ccc2c(Cl)nc(Cl)cc2c1. The molecule has 19 heavy (non-hydrogen) atoms. The van der Waals surface area contributed by atoms with Crippen molar-refractivity contribution in [2.75, 3.05) is 27.2 Å². The molecule has 1 aromatic heterocycles. The van der Waals surface area contributed by atoms with Crippen molar-refractivity contribution < 1.29 is 4.74 Å². The van der Waals surface area contributed by atoms with Gasteiger partial charge in [0.05, 0.1) is 6.61 Å². The van der Waals surface area contributed by atoms with Gasteiger partial charge in [-0.05, 0) is 50.2 Å². The van der Waals surface area contributed by atoms with Gasteiger partial charge in [0.25, 0.3) is 0 Å². The average molecular weight is 299 g/mol. The van der Waals surface area contributed by atoms with E-state index in [1.165, 1.54) is 0 Å². The van der Waals surface area contributed by atoms with Crippen LogP contribution in [0.1, 0.15) is 6.42 Å². The predicted octanol–water partition coefficient (Wildman–Crippen LogP) is 3.87. The molecule has 0 atom stereocenters. The molecule has 0 bridgehead atoms. The van der Waals surface area contributed by atoms with Crippen molar-refractivity contribution in [3.8, 4) is 5.75 Å². The number of hydrogen-bond acceptors (Lipinski definition) is 3. The third-order valence-corrected chi connectivity index (χ3v) is 3.22. The van der Waals surface area contributed by atoms with Crippen LogP contribution in [-0.4, -0.2) is 37.1 Å². The van der Waals surface area contributed by atoms with Gasteiger partial charge in [0.15, 0.2) is 0 Å². The minimum absolute atomic E-state index is 0.391.